The van der Waals surface area contributed by atoms with Gasteiger partial charge >= 0.3 is 5.97 Å². The van der Waals surface area contributed by atoms with E-state index in [9.17, 15) is 18.0 Å². The van der Waals surface area contributed by atoms with Crippen LogP contribution in [0.25, 0.3) is 0 Å². The van der Waals surface area contributed by atoms with Gasteiger partial charge in [0, 0.05) is 18.5 Å². The van der Waals surface area contributed by atoms with Crippen LogP contribution in [0.1, 0.15) is 36.4 Å². The Labute approximate surface area is 180 Å². The van der Waals surface area contributed by atoms with Crippen LogP contribution in [-0.4, -0.2) is 49.5 Å². The summed E-state index contributed by atoms with van der Waals surface area (Å²) in [5.74, 6) is -0.802. The quantitative estimate of drug-likeness (QED) is 0.643. The maximum Gasteiger partial charge on any atom is 0.303 e. The number of ether oxygens (including phenoxy) is 1. The number of nitrogens with one attached hydrogen (secondary N) is 1. The van der Waals surface area contributed by atoms with Crippen molar-refractivity contribution < 1.29 is 27.9 Å². The smallest absolute Gasteiger partial charge is 0.303 e. The summed E-state index contributed by atoms with van der Waals surface area (Å²) in [4.78, 5) is 23.6. The van der Waals surface area contributed by atoms with Crippen LogP contribution in [0.3, 0.4) is 0 Å². The fourth-order valence-corrected chi connectivity index (χ4v) is 3.86. The van der Waals surface area contributed by atoms with Crippen LogP contribution >= 0.6 is 0 Å². The summed E-state index contributed by atoms with van der Waals surface area (Å²) in [5.41, 5.74) is 2.61. The molecule has 1 atom stereocenters. The van der Waals surface area contributed by atoms with Crippen molar-refractivity contribution in [3.05, 3.63) is 59.7 Å². The van der Waals surface area contributed by atoms with Crippen LogP contribution in [0.2, 0.25) is 0 Å². The molecule has 0 aliphatic carbocycles. The Hall–Kier alpha value is -3.40. The molecule has 1 unspecified atom stereocenters. The molecule has 1 aliphatic heterocycles. The molecule has 31 heavy (non-hydrogen) atoms. The molecule has 0 spiro atoms. The Morgan fingerprint density at radius 3 is 2.52 bits per heavy atom. The van der Waals surface area contributed by atoms with Crippen LogP contribution in [0.4, 0.5) is 5.69 Å². The van der Waals surface area contributed by atoms with Gasteiger partial charge in [0.25, 0.3) is 0 Å². The van der Waals surface area contributed by atoms with E-state index in [-0.39, 0.29) is 18.7 Å². The zero-order chi connectivity index (χ0) is 22.6. The largest absolute Gasteiger partial charge is 0.497 e. The monoisotopic (exact) mass is 445 g/mol. The summed E-state index contributed by atoms with van der Waals surface area (Å²) in [6.07, 6.45) is 1.05. The number of aliphatic carboxylic acids is 1. The fraction of sp³-hybridized carbons (Fsp3) is 0.286. The molecule has 1 heterocycles. The summed E-state index contributed by atoms with van der Waals surface area (Å²) >= 11 is 0. The number of carbonyl (C=O) groups excluding carboxylic acids is 1. The zero-order valence-corrected chi connectivity index (χ0v) is 17.9. The number of hydrogen-bond acceptors (Lipinski definition) is 6. The number of anilines is 1. The first-order valence-corrected chi connectivity index (χ1v) is 11.4. The lowest BCUT2D eigenvalue weighted by Gasteiger charge is -2.22. The first-order chi connectivity index (χ1) is 14.7. The fourth-order valence-electron chi connectivity index (χ4n) is 3.30. The number of hydrogen-bond donors (Lipinski definition) is 2. The van der Waals surface area contributed by atoms with Crippen LogP contribution in [0.5, 0.6) is 5.75 Å². The summed E-state index contributed by atoms with van der Waals surface area (Å²) in [7, 11) is -1.83. The number of amides is 1. The van der Waals surface area contributed by atoms with Crippen molar-refractivity contribution in [1.82, 2.24) is 5.01 Å². The number of sulfonamides is 1. The van der Waals surface area contributed by atoms with E-state index in [2.05, 4.69) is 9.82 Å². The van der Waals surface area contributed by atoms with Crippen LogP contribution in [-0.2, 0) is 19.6 Å². The topological polar surface area (TPSA) is 125 Å². The van der Waals surface area contributed by atoms with Gasteiger partial charge in [-0.2, -0.15) is 5.10 Å². The van der Waals surface area contributed by atoms with E-state index in [0.717, 1.165) is 17.4 Å². The molecule has 9 nitrogen and oxygen atoms in total. The van der Waals surface area contributed by atoms with Crippen molar-refractivity contribution in [3.8, 4) is 5.75 Å². The van der Waals surface area contributed by atoms with Gasteiger partial charge in [-0.1, -0.05) is 24.3 Å². The Balaban J connectivity index is 1.89. The van der Waals surface area contributed by atoms with Gasteiger partial charge in [0.2, 0.25) is 15.9 Å². The molecule has 0 fully saturated rings. The molecular formula is C21H23N3O6S. The zero-order valence-electron chi connectivity index (χ0n) is 17.1. The second-order valence-electron chi connectivity index (χ2n) is 7.13. The van der Waals surface area contributed by atoms with E-state index in [1.807, 2.05) is 18.2 Å². The van der Waals surface area contributed by atoms with Gasteiger partial charge in [0.15, 0.2) is 0 Å². The summed E-state index contributed by atoms with van der Waals surface area (Å²) in [5, 5.41) is 14.7. The molecule has 0 bridgehead atoms. The summed E-state index contributed by atoms with van der Waals surface area (Å²) in [6.45, 7) is 0. The lowest BCUT2D eigenvalue weighted by molar-refractivity contribution is -0.141. The molecule has 0 saturated carbocycles. The van der Waals surface area contributed by atoms with Gasteiger partial charge in [-0.15, -0.1) is 0 Å². The van der Waals surface area contributed by atoms with E-state index < -0.39 is 22.0 Å². The van der Waals surface area contributed by atoms with Crippen LogP contribution in [0, 0.1) is 0 Å². The molecule has 10 heteroatoms. The average molecular weight is 445 g/mol. The number of carboxylic acids is 1. The number of carboxylic acid groups (broad SMARTS) is 1. The van der Waals surface area contributed by atoms with Gasteiger partial charge in [0.1, 0.15) is 5.75 Å². The SMILES string of the molecule is COc1cccc(C2CC(c3ccc(NS(C)(=O)=O)cc3)=NN2C(=O)CCC(=O)O)c1. The predicted molar refractivity (Wildman–Crippen MR) is 116 cm³/mol. The number of carbonyl (C=O) groups is 2. The molecule has 0 saturated heterocycles. The van der Waals surface area contributed by atoms with Gasteiger partial charge in [-0.25, -0.2) is 13.4 Å². The third-order valence-electron chi connectivity index (χ3n) is 4.72. The molecule has 2 aromatic rings. The second kappa shape index (κ2) is 9.17. The van der Waals surface area contributed by atoms with Crippen molar-refractivity contribution in [2.24, 2.45) is 5.10 Å². The minimum atomic E-state index is -3.39. The maximum absolute atomic E-state index is 12.7. The molecule has 2 aromatic carbocycles. The van der Waals surface area contributed by atoms with E-state index in [1.165, 1.54) is 5.01 Å². The van der Waals surface area contributed by atoms with Crippen molar-refractivity contribution in [2.75, 3.05) is 18.1 Å². The highest BCUT2D eigenvalue weighted by Gasteiger charge is 2.33. The number of hydrazone groups is 1. The lowest BCUT2D eigenvalue weighted by atomic mass is 9.98. The molecule has 1 aliphatic rings. The number of methoxy groups -OCH3 is 1. The molecule has 164 valence electrons. The van der Waals surface area contributed by atoms with Gasteiger partial charge in [0.05, 0.1) is 31.5 Å². The third-order valence-corrected chi connectivity index (χ3v) is 5.33. The van der Waals surface area contributed by atoms with Crippen molar-refractivity contribution in [2.45, 2.75) is 25.3 Å². The predicted octanol–water partition coefficient (Wildman–Crippen LogP) is 2.61. The van der Waals surface area contributed by atoms with E-state index in [1.54, 1.807) is 37.4 Å². The normalized spacial score (nSPS) is 16.0. The summed E-state index contributed by atoms with van der Waals surface area (Å²) in [6, 6.07) is 13.6. The first kappa shape index (κ1) is 22.3. The highest BCUT2D eigenvalue weighted by molar-refractivity contribution is 7.92. The van der Waals surface area contributed by atoms with Crippen molar-refractivity contribution in [1.29, 1.82) is 0 Å². The molecule has 0 aromatic heterocycles. The standard InChI is InChI=1S/C21H23N3O6S/c1-30-17-5-3-4-15(12-17)19-13-18(22-24(19)20(25)10-11-21(26)27)14-6-8-16(9-7-14)23-31(2,28)29/h3-9,12,19,23H,10-11,13H2,1-2H3,(H,26,27). The number of benzene rings is 2. The molecule has 2 N–H and O–H groups in total. The Bertz CT molecular complexity index is 1110. The first-order valence-electron chi connectivity index (χ1n) is 9.50. The average Bonchev–Trinajstić information content (AvgIpc) is 3.17. The second-order valence-corrected chi connectivity index (χ2v) is 8.88. The lowest BCUT2D eigenvalue weighted by Crippen LogP contribution is -2.27. The number of nitrogens with zero attached hydrogens (tertiary/aromatic N) is 2. The van der Waals surface area contributed by atoms with Crippen LogP contribution in [0.15, 0.2) is 53.6 Å². The summed E-state index contributed by atoms with van der Waals surface area (Å²) < 4.78 is 30.5. The van der Waals surface area contributed by atoms with Crippen LogP contribution < -0.4 is 9.46 Å². The minimum absolute atomic E-state index is 0.163. The Morgan fingerprint density at radius 2 is 1.90 bits per heavy atom. The number of rotatable bonds is 8. The van der Waals surface area contributed by atoms with Gasteiger partial charge in [-0.3, -0.25) is 14.3 Å². The van der Waals surface area contributed by atoms with E-state index in [4.69, 9.17) is 9.84 Å². The Morgan fingerprint density at radius 1 is 1.19 bits per heavy atom. The van der Waals surface area contributed by atoms with E-state index in [0.29, 0.717) is 23.6 Å². The van der Waals surface area contributed by atoms with Gasteiger partial charge < -0.3 is 9.84 Å². The Kier molecular flexibility index (Phi) is 6.59. The molecule has 3 rings (SSSR count). The van der Waals surface area contributed by atoms with Crippen molar-refractivity contribution in [3.63, 3.8) is 0 Å². The minimum Gasteiger partial charge on any atom is -0.497 e. The maximum atomic E-state index is 12.7. The highest BCUT2D eigenvalue weighted by Crippen LogP contribution is 2.35. The highest BCUT2D eigenvalue weighted by atomic mass is 32.2. The van der Waals surface area contributed by atoms with E-state index >= 15 is 0 Å². The van der Waals surface area contributed by atoms with Crippen molar-refractivity contribution >= 4 is 33.3 Å². The molecule has 0 radical (unpaired) electrons. The molecule has 1 amide bonds. The van der Waals surface area contributed by atoms with Gasteiger partial charge in [-0.05, 0) is 35.4 Å². The third kappa shape index (κ3) is 5.82. The molecular weight excluding hydrogens is 422 g/mol.